The molecule has 0 bridgehead atoms. The molecule has 1 aromatic carbocycles. The van der Waals surface area contributed by atoms with Crippen molar-refractivity contribution in [2.75, 3.05) is 7.05 Å². The average Bonchev–Trinajstić information content (AvgIpc) is 2.71. The summed E-state index contributed by atoms with van der Waals surface area (Å²) < 4.78 is 0. The molecule has 0 radical (unpaired) electrons. The quantitative estimate of drug-likeness (QED) is 0.851. The second-order valence-electron chi connectivity index (χ2n) is 5.23. The lowest BCUT2D eigenvalue weighted by Gasteiger charge is -2.13. The minimum atomic E-state index is 0.151. The van der Waals surface area contributed by atoms with Crippen LogP contribution < -0.4 is 5.32 Å². The van der Waals surface area contributed by atoms with Crippen LogP contribution in [0.15, 0.2) is 18.2 Å². The Kier molecular flexibility index (Phi) is 3.51. The number of rotatable bonds is 3. The first kappa shape index (κ1) is 12.2. The van der Waals surface area contributed by atoms with E-state index in [0.29, 0.717) is 18.3 Å². The Labute approximate surface area is 103 Å². The average molecular weight is 231 g/mol. The molecule has 17 heavy (non-hydrogen) atoms. The molecule has 1 amide bonds. The van der Waals surface area contributed by atoms with Gasteiger partial charge in [0.15, 0.2) is 0 Å². The summed E-state index contributed by atoms with van der Waals surface area (Å²) in [4.78, 5) is 11.5. The summed E-state index contributed by atoms with van der Waals surface area (Å²) in [5.74, 6) is 1.13. The van der Waals surface area contributed by atoms with Crippen LogP contribution >= 0.6 is 0 Å². The number of amides is 1. The van der Waals surface area contributed by atoms with Crippen molar-refractivity contribution in [3.8, 4) is 0 Å². The highest BCUT2D eigenvalue weighted by Crippen LogP contribution is 2.37. The molecule has 2 nitrogen and oxygen atoms in total. The molecular formula is C15H21NO. The molecule has 1 aliphatic carbocycles. The number of carbonyl (C=O) groups excluding carboxylic acids is 1. The number of carbonyl (C=O) groups is 1. The fraction of sp³-hybridized carbons (Fsp3) is 0.533. The molecule has 2 heteroatoms. The maximum Gasteiger partial charge on any atom is 0.220 e. The third-order valence-electron chi connectivity index (χ3n) is 3.75. The maximum absolute atomic E-state index is 11.5. The van der Waals surface area contributed by atoms with Gasteiger partial charge in [0, 0.05) is 13.5 Å². The summed E-state index contributed by atoms with van der Waals surface area (Å²) in [6, 6.07) is 6.78. The highest BCUT2D eigenvalue weighted by atomic mass is 16.1. The third kappa shape index (κ3) is 2.51. The second kappa shape index (κ2) is 4.91. The highest BCUT2D eigenvalue weighted by molar-refractivity contribution is 5.76. The number of hydrogen-bond acceptors (Lipinski definition) is 1. The Hall–Kier alpha value is -1.31. The van der Waals surface area contributed by atoms with Gasteiger partial charge in [-0.25, -0.2) is 0 Å². The molecule has 0 aliphatic heterocycles. The van der Waals surface area contributed by atoms with Crippen LogP contribution in [-0.4, -0.2) is 13.0 Å². The molecule has 1 aliphatic rings. The molecule has 1 atom stereocenters. The molecule has 0 heterocycles. The van der Waals surface area contributed by atoms with Crippen LogP contribution in [0.2, 0.25) is 0 Å². The fourth-order valence-corrected chi connectivity index (χ4v) is 2.60. The normalized spacial score (nSPS) is 18.2. The Morgan fingerprint density at radius 2 is 2.24 bits per heavy atom. The Bertz CT molecular complexity index is 423. The molecule has 0 saturated carbocycles. The summed E-state index contributed by atoms with van der Waals surface area (Å²) in [6.07, 6.45) is 2.87. The van der Waals surface area contributed by atoms with Crippen molar-refractivity contribution in [1.29, 1.82) is 0 Å². The topological polar surface area (TPSA) is 29.1 Å². The van der Waals surface area contributed by atoms with E-state index in [1.54, 1.807) is 7.05 Å². The van der Waals surface area contributed by atoms with E-state index in [1.807, 2.05) is 0 Å². The summed E-state index contributed by atoms with van der Waals surface area (Å²) >= 11 is 0. The van der Waals surface area contributed by atoms with Crippen molar-refractivity contribution in [3.63, 3.8) is 0 Å². The number of benzene rings is 1. The van der Waals surface area contributed by atoms with E-state index in [1.165, 1.54) is 16.7 Å². The minimum Gasteiger partial charge on any atom is -0.359 e. The lowest BCUT2D eigenvalue weighted by molar-refractivity contribution is -0.121. The van der Waals surface area contributed by atoms with Crippen LogP contribution in [0.5, 0.6) is 0 Å². The van der Waals surface area contributed by atoms with Gasteiger partial charge in [0.2, 0.25) is 5.91 Å². The van der Waals surface area contributed by atoms with Gasteiger partial charge in [-0.2, -0.15) is 0 Å². The van der Waals surface area contributed by atoms with Crippen LogP contribution in [-0.2, 0) is 11.2 Å². The van der Waals surface area contributed by atoms with Gasteiger partial charge >= 0.3 is 0 Å². The summed E-state index contributed by atoms with van der Waals surface area (Å²) in [5, 5.41) is 2.72. The molecule has 1 aromatic rings. The number of aryl methyl sites for hydroxylation is 1. The van der Waals surface area contributed by atoms with Crippen molar-refractivity contribution in [2.24, 2.45) is 0 Å². The van der Waals surface area contributed by atoms with Crippen molar-refractivity contribution in [1.82, 2.24) is 5.32 Å². The number of nitrogens with one attached hydrogen (secondary N) is 1. The van der Waals surface area contributed by atoms with Gasteiger partial charge < -0.3 is 5.32 Å². The Morgan fingerprint density at radius 1 is 1.47 bits per heavy atom. The Morgan fingerprint density at radius 3 is 2.88 bits per heavy atom. The largest absolute Gasteiger partial charge is 0.359 e. The molecule has 0 fully saturated rings. The van der Waals surface area contributed by atoms with E-state index in [-0.39, 0.29) is 5.91 Å². The summed E-state index contributed by atoms with van der Waals surface area (Å²) in [7, 11) is 1.71. The van der Waals surface area contributed by atoms with Gasteiger partial charge in [0.05, 0.1) is 0 Å². The van der Waals surface area contributed by atoms with Crippen LogP contribution in [0.3, 0.4) is 0 Å². The minimum absolute atomic E-state index is 0.151. The van der Waals surface area contributed by atoms with E-state index in [9.17, 15) is 4.79 Å². The summed E-state index contributed by atoms with van der Waals surface area (Å²) in [5.41, 5.74) is 4.22. The number of fused-ring (bicyclic) bond motifs is 1. The van der Waals surface area contributed by atoms with Gasteiger partial charge in [-0.1, -0.05) is 32.0 Å². The SMILES string of the molecule is CNC(=O)CC1CCc2ccc(C(C)C)cc21. The standard InChI is InChI=1S/C15H21NO/c1-10(2)12-6-4-11-5-7-13(14(11)8-12)9-15(17)16-3/h4,6,8,10,13H,5,7,9H2,1-3H3,(H,16,17). The van der Waals surface area contributed by atoms with Gasteiger partial charge in [-0.05, 0) is 41.4 Å². The van der Waals surface area contributed by atoms with E-state index >= 15 is 0 Å². The van der Waals surface area contributed by atoms with Crippen LogP contribution in [0, 0.1) is 0 Å². The lowest BCUT2D eigenvalue weighted by Crippen LogP contribution is -2.19. The summed E-state index contributed by atoms with van der Waals surface area (Å²) in [6.45, 7) is 4.43. The Balaban J connectivity index is 2.23. The first-order chi connectivity index (χ1) is 8.11. The van der Waals surface area contributed by atoms with E-state index in [0.717, 1.165) is 12.8 Å². The maximum atomic E-state index is 11.5. The van der Waals surface area contributed by atoms with Gasteiger partial charge in [0.25, 0.3) is 0 Å². The van der Waals surface area contributed by atoms with Gasteiger partial charge in [-0.3, -0.25) is 4.79 Å². The van der Waals surface area contributed by atoms with Crippen LogP contribution in [0.4, 0.5) is 0 Å². The molecule has 92 valence electrons. The predicted molar refractivity (Wildman–Crippen MR) is 70.3 cm³/mol. The zero-order valence-corrected chi connectivity index (χ0v) is 10.9. The third-order valence-corrected chi connectivity index (χ3v) is 3.75. The van der Waals surface area contributed by atoms with E-state index in [4.69, 9.17) is 0 Å². The predicted octanol–water partition coefficient (Wildman–Crippen LogP) is 2.98. The van der Waals surface area contributed by atoms with Crippen molar-refractivity contribution < 1.29 is 4.79 Å². The first-order valence-corrected chi connectivity index (χ1v) is 6.45. The van der Waals surface area contributed by atoms with Gasteiger partial charge in [0.1, 0.15) is 0 Å². The van der Waals surface area contributed by atoms with Crippen LogP contribution in [0.1, 0.15) is 55.2 Å². The molecule has 0 aromatic heterocycles. The first-order valence-electron chi connectivity index (χ1n) is 6.45. The van der Waals surface area contributed by atoms with Crippen molar-refractivity contribution >= 4 is 5.91 Å². The van der Waals surface area contributed by atoms with E-state index < -0.39 is 0 Å². The molecule has 0 saturated heterocycles. The molecule has 2 rings (SSSR count). The number of hydrogen-bond donors (Lipinski definition) is 1. The molecule has 0 spiro atoms. The van der Waals surface area contributed by atoms with Crippen LogP contribution in [0.25, 0.3) is 0 Å². The highest BCUT2D eigenvalue weighted by Gasteiger charge is 2.24. The van der Waals surface area contributed by atoms with Crippen molar-refractivity contribution in [3.05, 3.63) is 34.9 Å². The smallest absolute Gasteiger partial charge is 0.220 e. The molecule has 1 N–H and O–H groups in total. The zero-order chi connectivity index (χ0) is 12.4. The van der Waals surface area contributed by atoms with E-state index in [2.05, 4.69) is 37.4 Å². The zero-order valence-electron chi connectivity index (χ0n) is 10.9. The lowest BCUT2D eigenvalue weighted by atomic mass is 9.93. The second-order valence-corrected chi connectivity index (χ2v) is 5.23. The fourth-order valence-electron chi connectivity index (χ4n) is 2.60. The molecule has 1 unspecified atom stereocenters. The monoisotopic (exact) mass is 231 g/mol. The molecular weight excluding hydrogens is 210 g/mol. The van der Waals surface area contributed by atoms with Crippen molar-refractivity contribution in [2.45, 2.75) is 44.9 Å². The van der Waals surface area contributed by atoms with Gasteiger partial charge in [-0.15, -0.1) is 0 Å².